The number of hydrogen-bond acceptors (Lipinski definition) is 4. The Kier molecular flexibility index (Phi) is 6.67. The Morgan fingerprint density at radius 2 is 1.55 bits per heavy atom. The Morgan fingerprint density at radius 3 is 2.09 bits per heavy atom. The van der Waals surface area contributed by atoms with Gasteiger partial charge in [0.05, 0.1) is 11.0 Å². The maximum atomic E-state index is 13.7. The summed E-state index contributed by atoms with van der Waals surface area (Å²) in [6.45, 7) is 14.6. The minimum absolute atomic E-state index is 0.207. The molecule has 0 spiro atoms. The lowest BCUT2D eigenvalue weighted by Crippen LogP contribution is -2.50. The number of esters is 1. The maximum absolute atomic E-state index is 13.7. The molecule has 3 rings (SSSR count). The third kappa shape index (κ3) is 5.07. The molecule has 0 unspecified atom stereocenters. The zero-order valence-electron chi connectivity index (χ0n) is 20.8. The SMILES string of the molecule is CCc1ccc(-c2ccc(Cl)cc2)cc1C1=C(OC(=O)C(C)(C)C)C(C)(C)OC(C)(C)C1=O. The Labute approximate surface area is 201 Å². The van der Waals surface area contributed by atoms with Crippen LogP contribution < -0.4 is 0 Å². The van der Waals surface area contributed by atoms with E-state index in [0.29, 0.717) is 10.6 Å². The van der Waals surface area contributed by atoms with E-state index in [-0.39, 0.29) is 11.5 Å². The summed E-state index contributed by atoms with van der Waals surface area (Å²) >= 11 is 6.07. The Bertz CT molecular complexity index is 1120. The van der Waals surface area contributed by atoms with E-state index < -0.39 is 22.6 Å². The van der Waals surface area contributed by atoms with Crippen LogP contribution in [0.4, 0.5) is 0 Å². The van der Waals surface area contributed by atoms with Gasteiger partial charge in [0, 0.05) is 5.02 Å². The standard InChI is InChI=1S/C28H33ClO4/c1-9-17-10-11-19(18-12-14-20(29)15-13-18)16-21(17)22-23(30)27(5,6)33-28(7,8)24(22)32-25(31)26(2,3)4/h10-16H,9H2,1-8H3. The number of halogens is 1. The van der Waals surface area contributed by atoms with E-state index in [1.54, 1.807) is 34.6 Å². The molecule has 176 valence electrons. The third-order valence-electron chi connectivity index (χ3n) is 5.80. The van der Waals surface area contributed by atoms with E-state index in [4.69, 9.17) is 21.1 Å². The van der Waals surface area contributed by atoms with Gasteiger partial charge in [0.1, 0.15) is 11.2 Å². The van der Waals surface area contributed by atoms with Crippen molar-refractivity contribution >= 4 is 28.9 Å². The lowest BCUT2D eigenvalue weighted by molar-refractivity contribution is -0.169. The van der Waals surface area contributed by atoms with Crippen molar-refractivity contribution in [3.63, 3.8) is 0 Å². The number of aryl methyl sites for hydroxylation is 1. The zero-order chi connectivity index (χ0) is 24.8. The van der Waals surface area contributed by atoms with Crippen molar-refractivity contribution in [3.8, 4) is 11.1 Å². The molecule has 0 N–H and O–H groups in total. The number of ether oxygens (including phenoxy) is 2. The summed E-state index contributed by atoms with van der Waals surface area (Å²) in [5, 5.41) is 0.659. The highest BCUT2D eigenvalue weighted by Gasteiger charge is 2.49. The Morgan fingerprint density at radius 1 is 0.970 bits per heavy atom. The summed E-state index contributed by atoms with van der Waals surface area (Å²) in [5.74, 6) is -0.359. The van der Waals surface area contributed by atoms with Gasteiger partial charge in [-0.25, -0.2) is 0 Å². The number of benzene rings is 2. The summed E-state index contributed by atoms with van der Waals surface area (Å²) in [6, 6.07) is 13.6. The first kappa shape index (κ1) is 25.2. The van der Waals surface area contributed by atoms with Crippen molar-refractivity contribution < 1.29 is 19.1 Å². The maximum Gasteiger partial charge on any atom is 0.316 e. The second kappa shape index (κ2) is 8.73. The number of carbonyl (C=O) groups excluding carboxylic acids is 2. The van der Waals surface area contributed by atoms with Crippen molar-refractivity contribution in [3.05, 3.63) is 64.4 Å². The largest absolute Gasteiger partial charge is 0.427 e. The predicted molar refractivity (Wildman–Crippen MR) is 133 cm³/mol. The summed E-state index contributed by atoms with van der Waals surface area (Å²) in [4.78, 5) is 26.7. The molecule has 33 heavy (non-hydrogen) atoms. The van der Waals surface area contributed by atoms with E-state index in [1.807, 2.05) is 63.2 Å². The molecule has 5 heteroatoms. The van der Waals surface area contributed by atoms with Crippen LogP contribution in [-0.2, 0) is 25.5 Å². The van der Waals surface area contributed by atoms with Gasteiger partial charge >= 0.3 is 5.97 Å². The minimum atomic E-state index is -1.07. The molecule has 1 aliphatic heterocycles. The molecule has 2 aromatic rings. The molecular weight excluding hydrogens is 436 g/mol. The van der Waals surface area contributed by atoms with Crippen LogP contribution >= 0.6 is 11.6 Å². The van der Waals surface area contributed by atoms with E-state index in [9.17, 15) is 9.59 Å². The van der Waals surface area contributed by atoms with Gasteiger partial charge in [0.25, 0.3) is 0 Å². The molecule has 2 aromatic carbocycles. The molecule has 1 aliphatic rings. The highest BCUT2D eigenvalue weighted by atomic mass is 35.5. The number of carbonyl (C=O) groups is 2. The van der Waals surface area contributed by atoms with Crippen LogP contribution in [0.3, 0.4) is 0 Å². The molecule has 0 saturated carbocycles. The van der Waals surface area contributed by atoms with Crippen LogP contribution in [-0.4, -0.2) is 23.0 Å². The third-order valence-corrected chi connectivity index (χ3v) is 6.05. The lowest BCUT2D eigenvalue weighted by Gasteiger charge is -2.42. The fourth-order valence-corrected chi connectivity index (χ4v) is 4.17. The monoisotopic (exact) mass is 468 g/mol. The van der Waals surface area contributed by atoms with Crippen molar-refractivity contribution in [2.75, 3.05) is 0 Å². The van der Waals surface area contributed by atoms with Crippen LogP contribution in [0, 0.1) is 5.41 Å². The number of Topliss-reactive ketones (excluding diaryl/α,β-unsaturated/α-hetero) is 1. The van der Waals surface area contributed by atoms with Gasteiger partial charge in [-0.05, 0) is 95.3 Å². The molecule has 0 aromatic heterocycles. The molecule has 0 amide bonds. The quantitative estimate of drug-likeness (QED) is 0.452. The van der Waals surface area contributed by atoms with E-state index in [2.05, 4.69) is 0 Å². The van der Waals surface area contributed by atoms with Crippen LogP contribution in [0.25, 0.3) is 16.7 Å². The van der Waals surface area contributed by atoms with Crippen molar-refractivity contribution in [1.82, 2.24) is 0 Å². The topological polar surface area (TPSA) is 52.6 Å². The first-order valence-electron chi connectivity index (χ1n) is 11.3. The molecule has 0 fully saturated rings. The minimum Gasteiger partial charge on any atom is -0.427 e. The fraction of sp³-hybridized carbons (Fsp3) is 0.429. The second-order valence-electron chi connectivity index (χ2n) is 10.5. The van der Waals surface area contributed by atoms with Crippen LogP contribution in [0.1, 0.15) is 66.5 Å². The molecule has 1 heterocycles. The number of rotatable bonds is 4. The van der Waals surface area contributed by atoms with Crippen molar-refractivity contribution in [2.45, 2.75) is 73.0 Å². The van der Waals surface area contributed by atoms with Gasteiger partial charge in [-0.1, -0.05) is 42.8 Å². The summed E-state index contributed by atoms with van der Waals surface area (Å²) in [7, 11) is 0. The fourth-order valence-electron chi connectivity index (χ4n) is 4.04. The normalized spacial score (nSPS) is 17.8. The number of ketones is 1. The van der Waals surface area contributed by atoms with Crippen LogP contribution in [0.5, 0.6) is 0 Å². The highest BCUT2D eigenvalue weighted by Crippen LogP contribution is 2.44. The van der Waals surface area contributed by atoms with Gasteiger partial charge in [-0.3, -0.25) is 9.59 Å². The lowest BCUT2D eigenvalue weighted by atomic mass is 9.80. The summed E-state index contributed by atoms with van der Waals surface area (Å²) in [5.41, 5.74) is 1.31. The van der Waals surface area contributed by atoms with Gasteiger partial charge in [-0.15, -0.1) is 0 Å². The molecule has 0 aliphatic carbocycles. The Hall–Kier alpha value is -2.43. The molecular formula is C28H33ClO4. The zero-order valence-corrected chi connectivity index (χ0v) is 21.5. The van der Waals surface area contributed by atoms with Gasteiger partial charge in [0.15, 0.2) is 11.5 Å². The highest BCUT2D eigenvalue weighted by molar-refractivity contribution is 6.30. The van der Waals surface area contributed by atoms with Gasteiger partial charge in [-0.2, -0.15) is 0 Å². The molecule has 0 saturated heterocycles. The average Bonchev–Trinajstić information content (AvgIpc) is 2.71. The second-order valence-corrected chi connectivity index (χ2v) is 11.0. The van der Waals surface area contributed by atoms with Gasteiger partial charge in [0.2, 0.25) is 0 Å². The average molecular weight is 469 g/mol. The molecule has 0 bridgehead atoms. The van der Waals surface area contributed by atoms with E-state index in [0.717, 1.165) is 28.7 Å². The summed E-state index contributed by atoms with van der Waals surface area (Å²) < 4.78 is 12.1. The predicted octanol–water partition coefficient (Wildman–Crippen LogP) is 7.03. The Balaban J connectivity index is 2.31. The first-order valence-corrected chi connectivity index (χ1v) is 11.7. The van der Waals surface area contributed by atoms with Crippen LogP contribution in [0.2, 0.25) is 5.02 Å². The number of hydrogen-bond donors (Lipinski definition) is 0. The first-order chi connectivity index (χ1) is 15.2. The summed E-state index contributed by atoms with van der Waals surface area (Å²) in [6.07, 6.45) is 0.717. The van der Waals surface area contributed by atoms with Crippen LogP contribution in [0.15, 0.2) is 48.2 Å². The van der Waals surface area contributed by atoms with Gasteiger partial charge < -0.3 is 9.47 Å². The molecule has 0 radical (unpaired) electrons. The van der Waals surface area contributed by atoms with E-state index in [1.165, 1.54) is 0 Å². The smallest absolute Gasteiger partial charge is 0.316 e. The molecule has 0 atom stereocenters. The van der Waals surface area contributed by atoms with Crippen molar-refractivity contribution in [1.29, 1.82) is 0 Å². The molecule has 4 nitrogen and oxygen atoms in total. The van der Waals surface area contributed by atoms with E-state index >= 15 is 0 Å². The van der Waals surface area contributed by atoms with Crippen molar-refractivity contribution in [2.24, 2.45) is 5.41 Å².